The molecule has 2 N–H and O–H groups in total. The fraction of sp³-hybridized carbons (Fsp3) is 0.900. The van der Waals surface area contributed by atoms with Gasteiger partial charge in [0.2, 0.25) is 5.91 Å². The van der Waals surface area contributed by atoms with E-state index in [9.17, 15) is 4.79 Å². The van der Waals surface area contributed by atoms with E-state index in [1.807, 2.05) is 0 Å². The molecule has 5 nitrogen and oxygen atoms in total. The molecule has 1 saturated heterocycles. The standard InChI is InChI=1S/C10H20N2O3.ClH/c1-14-6-9(13)11-7-10(8-15-2)4-3-5-12-10;/h12H,3-8H2,1-2H3,(H,11,13);1H. The Morgan fingerprint density at radius 3 is 2.69 bits per heavy atom. The fourth-order valence-electron chi connectivity index (χ4n) is 1.92. The van der Waals surface area contributed by atoms with E-state index in [0.29, 0.717) is 13.2 Å². The molecule has 1 amide bonds. The molecule has 1 aliphatic rings. The molecule has 96 valence electrons. The van der Waals surface area contributed by atoms with Gasteiger partial charge in [0, 0.05) is 20.8 Å². The van der Waals surface area contributed by atoms with Gasteiger partial charge in [-0.15, -0.1) is 12.4 Å². The second kappa shape index (κ2) is 7.84. The molecule has 0 saturated carbocycles. The van der Waals surface area contributed by atoms with Gasteiger partial charge in [0.15, 0.2) is 0 Å². The smallest absolute Gasteiger partial charge is 0.246 e. The first-order valence-electron chi connectivity index (χ1n) is 5.22. The van der Waals surface area contributed by atoms with Crippen molar-refractivity contribution in [2.75, 3.05) is 40.5 Å². The van der Waals surface area contributed by atoms with Crippen molar-refractivity contribution >= 4 is 18.3 Å². The van der Waals surface area contributed by atoms with Crippen molar-refractivity contribution in [3.8, 4) is 0 Å². The minimum atomic E-state index is -0.0852. The van der Waals surface area contributed by atoms with Crippen molar-refractivity contribution in [3.63, 3.8) is 0 Å². The lowest BCUT2D eigenvalue weighted by molar-refractivity contribution is -0.125. The molecule has 0 bridgehead atoms. The number of carbonyl (C=O) groups is 1. The normalized spacial score (nSPS) is 23.9. The minimum absolute atomic E-state index is 0. The first kappa shape index (κ1) is 15.6. The predicted octanol–water partition coefficient (Wildman–Crippen LogP) is -0.0606. The molecule has 6 heteroatoms. The van der Waals surface area contributed by atoms with Crippen LogP contribution >= 0.6 is 12.4 Å². The van der Waals surface area contributed by atoms with Gasteiger partial charge >= 0.3 is 0 Å². The van der Waals surface area contributed by atoms with Crippen LogP contribution in [0.15, 0.2) is 0 Å². The maximum atomic E-state index is 11.2. The van der Waals surface area contributed by atoms with Crippen LogP contribution in [0.1, 0.15) is 12.8 Å². The summed E-state index contributed by atoms with van der Waals surface area (Å²) >= 11 is 0. The molecule has 0 spiro atoms. The summed E-state index contributed by atoms with van der Waals surface area (Å²) in [6.07, 6.45) is 2.16. The summed E-state index contributed by atoms with van der Waals surface area (Å²) in [5.74, 6) is -0.0818. The number of amides is 1. The SMILES string of the molecule is COCC(=O)NCC1(COC)CCCN1.Cl. The summed E-state index contributed by atoms with van der Waals surface area (Å²) in [6.45, 7) is 2.33. The molecule has 16 heavy (non-hydrogen) atoms. The largest absolute Gasteiger partial charge is 0.383 e. The Bertz CT molecular complexity index is 208. The number of rotatable bonds is 6. The van der Waals surface area contributed by atoms with Crippen LogP contribution in [0.3, 0.4) is 0 Å². The summed E-state index contributed by atoms with van der Waals surface area (Å²) in [5.41, 5.74) is -0.0852. The number of halogens is 1. The summed E-state index contributed by atoms with van der Waals surface area (Å²) in [6, 6.07) is 0. The van der Waals surface area contributed by atoms with Gasteiger partial charge in [-0.1, -0.05) is 0 Å². The zero-order valence-electron chi connectivity index (χ0n) is 9.88. The van der Waals surface area contributed by atoms with Crippen molar-refractivity contribution in [2.24, 2.45) is 0 Å². The molecule has 0 aromatic heterocycles. The highest BCUT2D eigenvalue weighted by Gasteiger charge is 2.33. The number of nitrogens with one attached hydrogen (secondary N) is 2. The van der Waals surface area contributed by atoms with Crippen molar-refractivity contribution in [1.82, 2.24) is 10.6 Å². The molecule has 1 fully saturated rings. The zero-order chi connectivity index (χ0) is 11.1. The second-order valence-corrected chi connectivity index (χ2v) is 3.95. The van der Waals surface area contributed by atoms with E-state index in [-0.39, 0.29) is 30.5 Å². The van der Waals surface area contributed by atoms with Gasteiger partial charge in [-0.25, -0.2) is 0 Å². The lowest BCUT2D eigenvalue weighted by atomic mass is 9.99. The Morgan fingerprint density at radius 1 is 1.44 bits per heavy atom. The molecule has 1 rings (SSSR count). The lowest BCUT2D eigenvalue weighted by Crippen LogP contribution is -2.53. The highest BCUT2D eigenvalue weighted by Crippen LogP contribution is 2.18. The van der Waals surface area contributed by atoms with E-state index in [4.69, 9.17) is 9.47 Å². The number of carbonyl (C=O) groups excluding carboxylic acids is 1. The second-order valence-electron chi connectivity index (χ2n) is 3.95. The lowest BCUT2D eigenvalue weighted by Gasteiger charge is -2.28. The number of methoxy groups -OCH3 is 2. The van der Waals surface area contributed by atoms with E-state index in [1.54, 1.807) is 7.11 Å². The highest BCUT2D eigenvalue weighted by molar-refractivity contribution is 5.85. The zero-order valence-corrected chi connectivity index (χ0v) is 10.7. The number of hydrogen-bond donors (Lipinski definition) is 2. The minimum Gasteiger partial charge on any atom is -0.383 e. The van der Waals surface area contributed by atoms with Crippen molar-refractivity contribution in [3.05, 3.63) is 0 Å². The van der Waals surface area contributed by atoms with Crippen LogP contribution in [0, 0.1) is 0 Å². The van der Waals surface area contributed by atoms with Crippen molar-refractivity contribution in [2.45, 2.75) is 18.4 Å². The first-order valence-corrected chi connectivity index (χ1v) is 5.22. The van der Waals surface area contributed by atoms with Gasteiger partial charge in [0.1, 0.15) is 6.61 Å². The highest BCUT2D eigenvalue weighted by atomic mass is 35.5. The Hall–Kier alpha value is -0.360. The predicted molar refractivity (Wildman–Crippen MR) is 64.0 cm³/mol. The molecule has 0 radical (unpaired) electrons. The van der Waals surface area contributed by atoms with Crippen molar-refractivity contribution in [1.29, 1.82) is 0 Å². The molecular weight excluding hydrogens is 232 g/mol. The van der Waals surface area contributed by atoms with E-state index in [2.05, 4.69) is 10.6 Å². The van der Waals surface area contributed by atoms with Crippen LogP contribution in [0.4, 0.5) is 0 Å². The van der Waals surface area contributed by atoms with Gasteiger partial charge in [0.05, 0.1) is 12.1 Å². The first-order chi connectivity index (χ1) is 7.22. The Kier molecular flexibility index (Phi) is 7.66. The van der Waals surface area contributed by atoms with Crippen LogP contribution in [-0.4, -0.2) is 52.0 Å². The average molecular weight is 253 g/mol. The quantitative estimate of drug-likeness (QED) is 0.695. The van der Waals surface area contributed by atoms with Gasteiger partial charge in [-0.2, -0.15) is 0 Å². The van der Waals surface area contributed by atoms with E-state index in [1.165, 1.54) is 7.11 Å². The molecule has 1 unspecified atom stereocenters. The van der Waals surface area contributed by atoms with E-state index < -0.39 is 0 Å². The van der Waals surface area contributed by atoms with Gasteiger partial charge in [-0.05, 0) is 19.4 Å². The average Bonchev–Trinajstić information content (AvgIpc) is 2.65. The molecule has 0 aliphatic carbocycles. The Morgan fingerprint density at radius 2 is 2.19 bits per heavy atom. The maximum absolute atomic E-state index is 11.2. The maximum Gasteiger partial charge on any atom is 0.246 e. The third kappa shape index (κ3) is 4.65. The summed E-state index contributed by atoms with van der Waals surface area (Å²) in [7, 11) is 3.19. The monoisotopic (exact) mass is 252 g/mol. The van der Waals surface area contributed by atoms with Crippen LogP contribution < -0.4 is 10.6 Å². The molecule has 1 aliphatic heterocycles. The molecule has 1 atom stereocenters. The summed E-state index contributed by atoms with van der Waals surface area (Å²) in [4.78, 5) is 11.2. The molecule has 0 aromatic rings. The molecular formula is C10H21ClN2O3. The third-order valence-electron chi connectivity index (χ3n) is 2.65. The topological polar surface area (TPSA) is 59.6 Å². The van der Waals surface area contributed by atoms with Crippen LogP contribution in [0.2, 0.25) is 0 Å². The Labute approximate surface area is 103 Å². The van der Waals surface area contributed by atoms with Crippen LogP contribution in [0.25, 0.3) is 0 Å². The summed E-state index contributed by atoms with van der Waals surface area (Å²) in [5, 5.41) is 6.23. The van der Waals surface area contributed by atoms with Gasteiger partial charge < -0.3 is 20.1 Å². The fourth-order valence-corrected chi connectivity index (χ4v) is 1.92. The van der Waals surface area contributed by atoms with Gasteiger partial charge in [0.25, 0.3) is 0 Å². The molecule has 0 aromatic carbocycles. The number of hydrogen-bond acceptors (Lipinski definition) is 4. The third-order valence-corrected chi connectivity index (χ3v) is 2.65. The Balaban J connectivity index is 0.00000225. The van der Waals surface area contributed by atoms with Gasteiger partial charge in [-0.3, -0.25) is 4.79 Å². The van der Waals surface area contributed by atoms with Crippen molar-refractivity contribution < 1.29 is 14.3 Å². The number of ether oxygens (including phenoxy) is 2. The van der Waals surface area contributed by atoms with E-state index >= 15 is 0 Å². The molecule has 1 heterocycles. The summed E-state index contributed by atoms with van der Waals surface area (Å²) < 4.78 is 9.92. The van der Waals surface area contributed by atoms with Crippen LogP contribution in [-0.2, 0) is 14.3 Å². The van der Waals surface area contributed by atoms with Crippen LogP contribution in [0.5, 0.6) is 0 Å². The van der Waals surface area contributed by atoms with E-state index in [0.717, 1.165) is 19.4 Å².